The molecule has 1 aromatic carbocycles. The molecule has 3 atom stereocenters. The number of aromatic nitrogens is 6. The molecule has 0 bridgehead atoms. The van der Waals surface area contributed by atoms with Crippen molar-refractivity contribution < 1.29 is 19.4 Å². The van der Waals surface area contributed by atoms with Crippen LogP contribution in [0.15, 0.2) is 79.9 Å². The highest BCUT2D eigenvalue weighted by Crippen LogP contribution is 2.41. The zero-order valence-corrected chi connectivity index (χ0v) is 38.3. The number of pyridine rings is 2. The van der Waals surface area contributed by atoms with Gasteiger partial charge in [-0.05, 0) is 99.0 Å². The molecule has 6 aromatic rings. The molecule has 10 rings (SSSR count). The lowest BCUT2D eigenvalue weighted by Gasteiger charge is -2.48. The van der Waals surface area contributed by atoms with Gasteiger partial charge in [0.05, 0.1) is 37.0 Å². The van der Waals surface area contributed by atoms with Gasteiger partial charge in [-0.25, -0.2) is 19.9 Å². The first-order valence-corrected chi connectivity index (χ1v) is 23.0. The highest BCUT2D eigenvalue weighted by molar-refractivity contribution is 6.06. The summed E-state index contributed by atoms with van der Waals surface area (Å²) in [6.45, 7) is 17.1. The second kappa shape index (κ2) is 17.2. The van der Waals surface area contributed by atoms with E-state index in [1.165, 1.54) is 30.1 Å². The number of aliphatic hydroxyl groups is 1. The van der Waals surface area contributed by atoms with Crippen molar-refractivity contribution in [3.63, 3.8) is 0 Å². The van der Waals surface area contributed by atoms with Crippen molar-refractivity contribution in [1.29, 1.82) is 0 Å². The number of H-pyrrole nitrogens is 1. The molecule has 4 aliphatic rings. The Labute approximate surface area is 384 Å². The van der Waals surface area contributed by atoms with Gasteiger partial charge in [-0.2, -0.15) is 0 Å². The molecule has 5 aromatic heterocycles. The van der Waals surface area contributed by atoms with Crippen LogP contribution in [0.4, 0.5) is 34.4 Å². The van der Waals surface area contributed by atoms with Crippen molar-refractivity contribution in [2.24, 2.45) is 5.41 Å². The third-order valence-corrected chi connectivity index (χ3v) is 14.1. The molecule has 2 amide bonds. The number of rotatable bonds is 11. The van der Waals surface area contributed by atoms with Crippen LogP contribution in [-0.2, 0) is 30.8 Å². The van der Waals surface area contributed by atoms with Gasteiger partial charge < -0.3 is 39.8 Å². The van der Waals surface area contributed by atoms with Crippen molar-refractivity contribution in [1.82, 2.24) is 34.4 Å². The number of hydrogen-bond acceptors (Lipinski definition) is 12. The number of carbonyl (C=O) groups excluding carboxylic acids is 2. The lowest BCUT2D eigenvalue weighted by atomic mass is 9.90. The molecule has 342 valence electrons. The van der Waals surface area contributed by atoms with Crippen LogP contribution in [0, 0.1) is 5.41 Å². The molecule has 16 nitrogen and oxygen atoms in total. The first-order chi connectivity index (χ1) is 31.9. The number of anilines is 6. The summed E-state index contributed by atoms with van der Waals surface area (Å²) in [4.78, 5) is 58.1. The molecule has 0 spiro atoms. The van der Waals surface area contributed by atoms with Gasteiger partial charge in [-0.15, -0.1) is 0 Å². The third-order valence-electron chi connectivity index (χ3n) is 14.1. The summed E-state index contributed by atoms with van der Waals surface area (Å²) in [5.74, 6) is 0.531. The van der Waals surface area contributed by atoms with Crippen LogP contribution in [0.2, 0.25) is 0 Å². The Hall–Kier alpha value is -6.78. The van der Waals surface area contributed by atoms with Crippen molar-refractivity contribution in [3.8, 4) is 17.1 Å². The highest BCUT2D eigenvalue weighted by atomic mass is 16.5. The monoisotopic (exact) mass is 890 g/mol. The fraction of sp³-hybridized carbons (Fsp3) is 0.400. The zero-order valence-electron chi connectivity index (χ0n) is 38.3. The molecule has 66 heavy (non-hydrogen) atoms. The molecule has 0 saturated carbocycles. The van der Waals surface area contributed by atoms with E-state index in [1.54, 1.807) is 23.4 Å². The number of amides is 2. The molecule has 2 fully saturated rings. The third kappa shape index (κ3) is 7.81. The first kappa shape index (κ1) is 43.1. The van der Waals surface area contributed by atoms with Gasteiger partial charge >= 0.3 is 0 Å². The predicted molar refractivity (Wildman–Crippen MR) is 258 cm³/mol. The van der Waals surface area contributed by atoms with Crippen molar-refractivity contribution in [2.45, 2.75) is 84.7 Å². The van der Waals surface area contributed by atoms with Crippen molar-refractivity contribution >= 4 is 57.2 Å². The number of benzene rings is 1. The van der Waals surface area contributed by atoms with E-state index in [0.717, 1.165) is 68.6 Å². The topological polar surface area (TPSA) is 173 Å². The van der Waals surface area contributed by atoms with E-state index < -0.39 is 0 Å². The van der Waals surface area contributed by atoms with Gasteiger partial charge in [0.1, 0.15) is 17.2 Å². The molecule has 2 saturated heterocycles. The first-order valence-electron chi connectivity index (χ1n) is 23.0. The molecule has 1 aliphatic carbocycles. The summed E-state index contributed by atoms with van der Waals surface area (Å²) >= 11 is 0. The van der Waals surface area contributed by atoms with Gasteiger partial charge in [0, 0.05) is 110 Å². The predicted octanol–water partition coefficient (Wildman–Crippen LogP) is 6.94. The number of piperazine rings is 1. The Morgan fingerprint density at radius 1 is 0.985 bits per heavy atom. The van der Waals surface area contributed by atoms with Crippen molar-refractivity contribution in [2.75, 3.05) is 65.2 Å². The lowest BCUT2D eigenvalue weighted by Crippen LogP contribution is -2.58. The fourth-order valence-corrected chi connectivity index (χ4v) is 11.0. The SMILES string of the molecule is C=CC(=O)Nc1cc(Nc2nc(-c3ccnc(N4CCn5c(cc6c5CC(C)(C)C6)C4=O)c3CO)cnc2OC)ccc1N1CCN(C2CCN(c3ccnc4[nH]ccc34)[C@@H](C)C2)C[C@@H]1C. The lowest BCUT2D eigenvalue weighted by molar-refractivity contribution is -0.111. The maximum Gasteiger partial charge on any atom is 0.276 e. The van der Waals surface area contributed by atoms with Crippen LogP contribution in [0.1, 0.15) is 67.8 Å². The minimum atomic E-state index is -0.368. The number of ether oxygens (including phenoxy) is 1. The fourth-order valence-electron chi connectivity index (χ4n) is 11.0. The van der Waals surface area contributed by atoms with E-state index in [4.69, 9.17) is 9.72 Å². The number of carbonyl (C=O) groups is 2. The average Bonchev–Trinajstić information content (AvgIpc) is 4.02. The largest absolute Gasteiger partial charge is 0.478 e. The van der Waals surface area contributed by atoms with E-state index in [1.807, 2.05) is 36.7 Å². The summed E-state index contributed by atoms with van der Waals surface area (Å²) < 4.78 is 7.83. The van der Waals surface area contributed by atoms with E-state index in [2.05, 4.69) is 96.2 Å². The second-order valence-corrected chi connectivity index (χ2v) is 18.9. The number of nitrogens with one attached hydrogen (secondary N) is 3. The molecule has 3 aliphatic heterocycles. The number of methoxy groups -OCH3 is 1. The maximum absolute atomic E-state index is 14.1. The van der Waals surface area contributed by atoms with Crippen LogP contribution in [0.5, 0.6) is 5.88 Å². The van der Waals surface area contributed by atoms with Crippen LogP contribution < -0.4 is 30.1 Å². The Morgan fingerprint density at radius 2 is 1.82 bits per heavy atom. The summed E-state index contributed by atoms with van der Waals surface area (Å²) in [6, 6.07) is 15.0. The Kier molecular flexibility index (Phi) is 11.3. The Bertz CT molecular complexity index is 2850. The number of aromatic amines is 1. The average molecular weight is 891 g/mol. The smallest absolute Gasteiger partial charge is 0.276 e. The number of piperidine rings is 1. The number of nitrogens with zero attached hydrogens (tertiary/aromatic N) is 9. The molecule has 8 heterocycles. The Balaban J connectivity index is 0.866. The quantitative estimate of drug-likeness (QED) is 0.0990. The molecule has 16 heteroatoms. The van der Waals surface area contributed by atoms with Gasteiger partial charge in [0.25, 0.3) is 11.8 Å². The van der Waals surface area contributed by atoms with Gasteiger partial charge in [0.2, 0.25) is 5.91 Å². The highest BCUT2D eigenvalue weighted by Gasteiger charge is 2.38. The van der Waals surface area contributed by atoms with Gasteiger partial charge in [-0.1, -0.05) is 20.4 Å². The maximum atomic E-state index is 14.1. The summed E-state index contributed by atoms with van der Waals surface area (Å²) in [7, 11) is 1.53. The number of hydrogen-bond donors (Lipinski definition) is 4. The van der Waals surface area contributed by atoms with Crippen LogP contribution in [0.3, 0.4) is 0 Å². The summed E-state index contributed by atoms with van der Waals surface area (Å²) in [5.41, 5.74) is 9.20. The van der Waals surface area contributed by atoms with Crippen LogP contribution in [-0.4, -0.2) is 109 Å². The van der Waals surface area contributed by atoms with E-state index in [9.17, 15) is 14.7 Å². The Morgan fingerprint density at radius 3 is 2.61 bits per heavy atom. The van der Waals surface area contributed by atoms with E-state index >= 15 is 0 Å². The normalized spacial score (nSPS) is 20.6. The molecule has 0 radical (unpaired) electrons. The second-order valence-electron chi connectivity index (χ2n) is 18.9. The minimum Gasteiger partial charge on any atom is -0.478 e. The molecular weight excluding hydrogens is 833 g/mol. The summed E-state index contributed by atoms with van der Waals surface area (Å²) in [5, 5.41) is 18.5. The minimum absolute atomic E-state index is 0.138. The molecular formula is C50H58N12O4. The molecule has 1 unspecified atom stereocenters. The zero-order chi connectivity index (χ0) is 45.9. The van der Waals surface area contributed by atoms with Crippen LogP contribution in [0.25, 0.3) is 22.3 Å². The summed E-state index contributed by atoms with van der Waals surface area (Å²) in [6.07, 6.45) is 12.4. The van der Waals surface area contributed by atoms with Crippen molar-refractivity contribution in [3.05, 3.63) is 102 Å². The van der Waals surface area contributed by atoms with Crippen LogP contribution >= 0.6 is 0 Å². The number of aliphatic hydroxyl groups excluding tert-OH is 1. The van der Waals surface area contributed by atoms with E-state index in [0.29, 0.717) is 70.7 Å². The van der Waals surface area contributed by atoms with Gasteiger partial charge in [0.15, 0.2) is 5.82 Å². The van der Waals surface area contributed by atoms with E-state index in [-0.39, 0.29) is 35.8 Å². The van der Waals surface area contributed by atoms with Gasteiger partial charge in [-0.3, -0.25) is 19.4 Å². The molecule has 4 N–H and O–H groups in total. The standard InChI is InChI=1S/C50H58N12O4/c1-7-44(64)56-38-24-33(8-9-41(38)60-19-18-58(28-31(60)3)34-13-17-59(30(2)22-34)40-12-16-52-45-36(40)11-14-51-45)55-46-48(66-6)54-27-39(57-46)35-10-15-53-47(37(35)29-63)62-21-20-61-42(49(62)65)23-32-25-50(4,5)26-43(32)61/h7-12,14-16,23-24,27,30-31,34,63H,1,13,17-22,25-26,28-29H2,2-6H3,(H,51,52)(H,55,57)(H,56,64)/t30-,31-,34?/m0/s1. The number of fused-ring (bicyclic) bond motifs is 4.